The number of hydrogen-bond acceptors (Lipinski definition) is 4. The zero-order chi connectivity index (χ0) is 21.2. The highest BCUT2D eigenvalue weighted by molar-refractivity contribution is 5.93. The Kier molecular flexibility index (Phi) is 8.03. The highest BCUT2D eigenvalue weighted by atomic mass is 16.2. The average molecular weight is 407 g/mol. The van der Waals surface area contributed by atoms with Crippen LogP contribution < -0.4 is 15.8 Å². The quantitative estimate of drug-likeness (QED) is 0.548. The van der Waals surface area contributed by atoms with E-state index in [-0.39, 0.29) is 11.8 Å². The molecule has 2 aromatic carbocycles. The number of piperazine rings is 1. The molecule has 2 aromatic rings. The Hall–Kier alpha value is -3.12. The lowest BCUT2D eigenvalue weighted by Crippen LogP contribution is -2.48. The number of carbonyl (C=O) groups is 2. The molecule has 1 aliphatic rings. The average Bonchev–Trinajstić information content (AvgIpc) is 2.81. The molecule has 1 heterocycles. The molecule has 0 atom stereocenters. The van der Waals surface area contributed by atoms with Crippen LogP contribution in [0.25, 0.3) is 6.08 Å². The van der Waals surface area contributed by atoms with Crippen LogP contribution in [0.5, 0.6) is 0 Å². The third-order valence-corrected chi connectivity index (χ3v) is 5.29. The minimum Gasteiger partial charge on any atom is -0.369 e. The molecule has 0 aliphatic carbocycles. The molecule has 0 spiro atoms. The first kappa shape index (κ1) is 21.6. The molecule has 3 rings (SSSR count). The second kappa shape index (κ2) is 11.2. The number of benzene rings is 2. The van der Waals surface area contributed by atoms with Crippen LogP contribution in [0.1, 0.15) is 24.5 Å². The van der Waals surface area contributed by atoms with Gasteiger partial charge < -0.3 is 4.90 Å². The van der Waals surface area contributed by atoms with Gasteiger partial charge in [0.15, 0.2) is 0 Å². The van der Waals surface area contributed by atoms with Crippen molar-refractivity contribution in [1.82, 2.24) is 15.8 Å². The summed E-state index contributed by atoms with van der Waals surface area (Å²) in [7, 11) is 0. The van der Waals surface area contributed by atoms with Gasteiger partial charge in [0.2, 0.25) is 5.91 Å². The summed E-state index contributed by atoms with van der Waals surface area (Å²) in [6, 6.07) is 18.4. The molecule has 1 fully saturated rings. The van der Waals surface area contributed by atoms with E-state index in [4.69, 9.17) is 0 Å². The molecule has 1 saturated heterocycles. The number of para-hydroxylation sites is 1. The zero-order valence-electron chi connectivity index (χ0n) is 17.5. The van der Waals surface area contributed by atoms with Gasteiger partial charge in [0.05, 0.1) is 0 Å². The lowest BCUT2D eigenvalue weighted by molar-refractivity contribution is -0.127. The van der Waals surface area contributed by atoms with Crippen LogP contribution in [-0.4, -0.2) is 49.4 Å². The van der Waals surface area contributed by atoms with Gasteiger partial charge in [-0.2, -0.15) is 0 Å². The summed E-state index contributed by atoms with van der Waals surface area (Å²) in [4.78, 5) is 28.6. The molecule has 6 heteroatoms. The molecule has 0 bridgehead atoms. The van der Waals surface area contributed by atoms with Gasteiger partial charge in [-0.25, -0.2) is 0 Å². The predicted octanol–water partition coefficient (Wildman–Crippen LogP) is 2.62. The van der Waals surface area contributed by atoms with E-state index in [1.807, 2.05) is 30.3 Å². The molecule has 2 amide bonds. The van der Waals surface area contributed by atoms with Crippen molar-refractivity contribution in [2.24, 2.45) is 0 Å². The number of carbonyl (C=O) groups excluding carboxylic acids is 2. The molecule has 1 aliphatic heterocycles. The Labute approximate surface area is 178 Å². The van der Waals surface area contributed by atoms with Crippen molar-refractivity contribution in [2.45, 2.75) is 19.8 Å². The number of nitrogens with one attached hydrogen (secondary N) is 2. The van der Waals surface area contributed by atoms with Crippen LogP contribution in [-0.2, 0) is 16.0 Å². The second-order valence-corrected chi connectivity index (χ2v) is 7.38. The van der Waals surface area contributed by atoms with Crippen LogP contribution in [0.3, 0.4) is 0 Å². The van der Waals surface area contributed by atoms with Crippen molar-refractivity contribution in [1.29, 1.82) is 0 Å². The number of nitrogens with zero attached hydrogens (tertiary/aromatic N) is 2. The fraction of sp³-hybridized carbons (Fsp3) is 0.333. The van der Waals surface area contributed by atoms with Gasteiger partial charge >= 0.3 is 0 Å². The molecule has 6 nitrogen and oxygen atoms in total. The van der Waals surface area contributed by atoms with E-state index in [0.717, 1.165) is 38.2 Å². The number of rotatable bonds is 7. The fourth-order valence-electron chi connectivity index (χ4n) is 3.40. The monoisotopic (exact) mass is 406 g/mol. The summed E-state index contributed by atoms with van der Waals surface area (Å²) >= 11 is 0. The third-order valence-electron chi connectivity index (χ3n) is 5.29. The summed E-state index contributed by atoms with van der Waals surface area (Å²) in [5.74, 6) is -0.533. The van der Waals surface area contributed by atoms with Crippen molar-refractivity contribution in [3.63, 3.8) is 0 Å². The van der Waals surface area contributed by atoms with Crippen LogP contribution in [0, 0.1) is 0 Å². The highest BCUT2D eigenvalue weighted by Crippen LogP contribution is 2.15. The number of hydrogen-bond donors (Lipinski definition) is 2. The van der Waals surface area contributed by atoms with Crippen LogP contribution in [0.4, 0.5) is 5.69 Å². The first-order valence-corrected chi connectivity index (χ1v) is 10.5. The van der Waals surface area contributed by atoms with Crippen LogP contribution >= 0.6 is 0 Å². The van der Waals surface area contributed by atoms with Crippen molar-refractivity contribution >= 4 is 23.6 Å². The minimum absolute atomic E-state index is 0.186. The molecule has 0 aromatic heterocycles. The maximum Gasteiger partial charge on any atom is 0.262 e. The van der Waals surface area contributed by atoms with E-state index < -0.39 is 0 Å². The zero-order valence-corrected chi connectivity index (χ0v) is 17.5. The second-order valence-electron chi connectivity index (χ2n) is 7.38. The number of aryl methyl sites for hydroxylation is 1. The smallest absolute Gasteiger partial charge is 0.262 e. The number of amides is 2. The van der Waals surface area contributed by atoms with E-state index in [0.29, 0.717) is 13.0 Å². The van der Waals surface area contributed by atoms with Crippen molar-refractivity contribution in [2.75, 3.05) is 37.6 Å². The SMILES string of the molecule is CCc1ccc(/C=C/C(=O)NNC(=O)CCN2CCN(c3ccccc3)CC2)cc1. The first-order chi connectivity index (χ1) is 14.6. The summed E-state index contributed by atoms with van der Waals surface area (Å²) in [6.45, 7) is 6.54. The first-order valence-electron chi connectivity index (χ1n) is 10.5. The molecule has 0 radical (unpaired) electrons. The summed E-state index contributed by atoms with van der Waals surface area (Å²) in [5.41, 5.74) is 8.37. The van der Waals surface area contributed by atoms with E-state index in [9.17, 15) is 9.59 Å². The number of hydrazine groups is 1. The molecule has 0 unspecified atom stereocenters. The molecule has 2 N–H and O–H groups in total. The van der Waals surface area contributed by atoms with E-state index >= 15 is 0 Å². The Morgan fingerprint density at radius 3 is 2.30 bits per heavy atom. The lowest BCUT2D eigenvalue weighted by Gasteiger charge is -2.36. The van der Waals surface area contributed by atoms with E-state index in [2.05, 4.69) is 51.8 Å². The maximum atomic E-state index is 12.0. The fourth-order valence-corrected chi connectivity index (χ4v) is 3.40. The van der Waals surface area contributed by atoms with Crippen molar-refractivity contribution in [3.8, 4) is 0 Å². The minimum atomic E-state index is -0.348. The van der Waals surface area contributed by atoms with Gasteiger partial charge in [0, 0.05) is 50.9 Å². The molecule has 0 saturated carbocycles. The van der Waals surface area contributed by atoms with Crippen molar-refractivity contribution in [3.05, 3.63) is 71.8 Å². The lowest BCUT2D eigenvalue weighted by atomic mass is 10.1. The van der Waals surface area contributed by atoms with Gasteiger partial charge in [0.25, 0.3) is 5.91 Å². The molecular weight excluding hydrogens is 376 g/mol. The van der Waals surface area contributed by atoms with E-state index in [1.54, 1.807) is 6.08 Å². The van der Waals surface area contributed by atoms with Gasteiger partial charge in [0.1, 0.15) is 0 Å². The van der Waals surface area contributed by atoms with Crippen LogP contribution in [0.2, 0.25) is 0 Å². The van der Waals surface area contributed by atoms with Gasteiger partial charge in [-0.3, -0.25) is 25.3 Å². The number of anilines is 1. The summed E-state index contributed by atoms with van der Waals surface area (Å²) in [5, 5.41) is 0. The summed E-state index contributed by atoms with van der Waals surface area (Å²) < 4.78 is 0. The van der Waals surface area contributed by atoms with Gasteiger partial charge in [-0.05, 0) is 35.8 Å². The Morgan fingerprint density at radius 1 is 0.933 bits per heavy atom. The van der Waals surface area contributed by atoms with E-state index in [1.165, 1.54) is 17.3 Å². The topological polar surface area (TPSA) is 64.7 Å². The molecule has 30 heavy (non-hydrogen) atoms. The summed E-state index contributed by atoms with van der Waals surface area (Å²) in [6.07, 6.45) is 4.49. The highest BCUT2D eigenvalue weighted by Gasteiger charge is 2.17. The Bertz CT molecular complexity index is 841. The largest absolute Gasteiger partial charge is 0.369 e. The van der Waals surface area contributed by atoms with Crippen LogP contribution in [0.15, 0.2) is 60.7 Å². The van der Waals surface area contributed by atoms with Gasteiger partial charge in [-0.1, -0.05) is 49.4 Å². The molecule has 158 valence electrons. The Balaban J connectivity index is 1.32. The van der Waals surface area contributed by atoms with Crippen molar-refractivity contribution < 1.29 is 9.59 Å². The maximum absolute atomic E-state index is 12.0. The third kappa shape index (κ3) is 6.74. The Morgan fingerprint density at radius 2 is 1.63 bits per heavy atom. The predicted molar refractivity (Wildman–Crippen MR) is 121 cm³/mol. The normalized spacial score (nSPS) is 14.6. The molecular formula is C24H30N4O2. The standard InChI is InChI=1S/C24H30N4O2/c1-2-20-8-10-21(11-9-20)12-13-23(29)25-26-24(30)14-15-27-16-18-28(19-17-27)22-6-4-3-5-7-22/h3-13H,2,14-19H2,1H3,(H,25,29)(H,26,30)/b13-12+. The van der Waals surface area contributed by atoms with Gasteiger partial charge in [-0.15, -0.1) is 0 Å².